The Hall–Kier alpha value is -1.52. The highest BCUT2D eigenvalue weighted by Crippen LogP contribution is 2.27. The summed E-state index contributed by atoms with van der Waals surface area (Å²) in [5, 5.41) is 4.63. The number of ether oxygens (including phenoxy) is 1. The van der Waals surface area contributed by atoms with E-state index in [4.69, 9.17) is 10.5 Å². The molecule has 0 aliphatic heterocycles. The first-order chi connectivity index (χ1) is 11.8. The summed E-state index contributed by atoms with van der Waals surface area (Å²) in [5.41, 5.74) is 7.58. The first-order valence-electron chi connectivity index (χ1n) is 9.22. The fourth-order valence-electron chi connectivity index (χ4n) is 2.97. The maximum absolute atomic E-state index is 5.51. The van der Waals surface area contributed by atoms with Crippen molar-refractivity contribution in [2.24, 2.45) is 5.73 Å². The van der Waals surface area contributed by atoms with Gasteiger partial charge in [-0.05, 0) is 31.5 Å². The highest BCUT2D eigenvalue weighted by molar-refractivity contribution is 5.91. The lowest BCUT2D eigenvalue weighted by Gasteiger charge is -2.11. The average Bonchev–Trinajstić information content (AvgIpc) is 2.62. The summed E-state index contributed by atoms with van der Waals surface area (Å²) in [6.07, 6.45) is 12.1. The van der Waals surface area contributed by atoms with Gasteiger partial charge in [-0.15, -0.1) is 12.4 Å². The van der Waals surface area contributed by atoms with Crippen molar-refractivity contribution >= 4 is 29.0 Å². The minimum absolute atomic E-state index is 0. The molecule has 25 heavy (non-hydrogen) atoms. The number of hydrogen-bond acceptors (Lipinski definition) is 4. The number of nitrogens with two attached hydrogens (primary N) is 1. The van der Waals surface area contributed by atoms with Crippen molar-refractivity contribution < 1.29 is 4.74 Å². The number of methoxy groups -OCH3 is 1. The van der Waals surface area contributed by atoms with E-state index in [0.717, 1.165) is 35.4 Å². The van der Waals surface area contributed by atoms with Crippen LogP contribution in [0, 0.1) is 0 Å². The number of pyridine rings is 1. The Morgan fingerprint density at radius 1 is 1.00 bits per heavy atom. The van der Waals surface area contributed by atoms with Crippen molar-refractivity contribution in [1.82, 2.24) is 4.98 Å². The minimum atomic E-state index is 0. The van der Waals surface area contributed by atoms with Crippen molar-refractivity contribution in [2.45, 2.75) is 51.4 Å². The normalized spacial score (nSPS) is 10.5. The van der Waals surface area contributed by atoms with E-state index < -0.39 is 0 Å². The van der Waals surface area contributed by atoms with Crippen LogP contribution in [-0.4, -0.2) is 25.2 Å². The fraction of sp³-hybridized carbons (Fsp3) is 0.550. The largest absolute Gasteiger partial charge is 0.497 e. The summed E-state index contributed by atoms with van der Waals surface area (Å²) in [6.45, 7) is 1.81. The highest BCUT2D eigenvalue weighted by Gasteiger charge is 2.05. The number of aromatic nitrogens is 1. The Balaban J connectivity index is 0.00000312. The highest BCUT2D eigenvalue weighted by atomic mass is 35.5. The van der Waals surface area contributed by atoms with Crippen LogP contribution in [0.4, 0.5) is 5.69 Å². The standard InChI is InChI=1S/C20H31N3O.ClH/c1-24-18-15-17-11-10-14-23-20(17)19(16-18)22-13-9-7-5-3-2-4-6-8-12-21;/h10-11,14-16,22H,2-9,12-13,21H2,1H3;1H. The number of nitrogens with zero attached hydrogens (tertiary/aromatic N) is 1. The van der Waals surface area contributed by atoms with Gasteiger partial charge >= 0.3 is 0 Å². The number of rotatable bonds is 12. The van der Waals surface area contributed by atoms with Crippen molar-refractivity contribution in [1.29, 1.82) is 0 Å². The number of hydrogen-bond donors (Lipinski definition) is 2. The van der Waals surface area contributed by atoms with Gasteiger partial charge in [-0.3, -0.25) is 4.98 Å². The Morgan fingerprint density at radius 3 is 2.36 bits per heavy atom. The summed E-state index contributed by atoms with van der Waals surface area (Å²) < 4.78 is 5.39. The Morgan fingerprint density at radius 2 is 1.68 bits per heavy atom. The SMILES string of the molecule is COc1cc(NCCCCCCCCCCN)c2ncccc2c1.Cl. The van der Waals surface area contributed by atoms with Crippen LogP contribution < -0.4 is 15.8 Å². The van der Waals surface area contributed by atoms with Gasteiger partial charge in [0, 0.05) is 24.2 Å². The van der Waals surface area contributed by atoms with Crippen LogP contribution in [0.25, 0.3) is 10.9 Å². The molecule has 4 nitrogen and oxygen atoms in total. The molecule has 0 aliphatic carbocycles. The van der Waals surface area contributed by atoms with Crippen LogP contribution in [-0.2, 0) is 0 Å². The molecule has 2 rings (SSSR count). The monoisotopic (exact) mass is 365 g/mol. The molecule has 0 unspecified atom stereocenters. The smallest absolute Gasteiger partial charge is 0.121 e. The fourth-order valence-corrected chi connectivity index (χ4v) is 2.97. The van der Waals surface area contributed by atoms with Crippen LogP contribution >= 0.6 is 12.4 Å². The molecule has 140 valence electrons. The number of anilines is 1. The zero-order valence-electron chi connectivity index (χ0n) is 15.3. The predicted octanol–water partition coefficient (Wildman–Crippen LogP) is 5.16. The molecule has 0 amide bonds. The van der Waals surface area contributed by atoms with Gasteiger partial charge in [0.15, 0.2) is 0 Å². The van der Waals surface area contributed by atoms with Crippen LogP contribution in [0.3, 0.4) is 0 Å². The van der Waals surface area contributed by atoms with Crippen molar-refractivity contribution in [3.05, 3.63) is 30.5 Å². The molecule has 0 saturated carbocycles. The second-order valence-corrected chi connectivity index (χ2v) is 6.29. The van der Waals surface area contributed by atoms with E-state index in [2.05, 4.69) is 16.4 Å². The zero-order chi connectivity index (χ0) is 17.0. The van der Waals surface area contributed by atoms with Crippen LogP contribution in [0.2, 0.25) is 0 Å². The number of benzene rings is 1. The van der Waals surface area contributed by atoms with Gasteiger partial charge in [0.2, 0.25) is 0 Å². The maximum atomic E-state index is 5.51. The Bertz CT molecular complexity index is 607. The lowest BCUT2D eigenvalue weighted by atomic mass is 10.1. The Labute approximate surface area is 158 Å². The molecule has 0 saturated heterocycles. The third-order valence-corrected chi connectivity index (χ3v) is 4.36. The van der Waals surface area contributed by atoms with E-state index in [1.807, 2.05) is 24.4 Å². The third kappa shape index (κ3) is 7.49. The molecule has 1 aromatic carbocycles. The van der Waals surface area contributed by atoms with E-state index in [1.54, 1.807) is 7.11 Å². The molecule has 1 aromatic heterocycles. The molecule has 2 aromatic rings. The molecule has 0 spiro atoms. The number of fused-ring (bicyclic) bond motifs is 1. The van der Waals surface area contributed by atoms with E-state index in [0.29, 0.717) is 0 Å². The van der Waals surface area contributed by atoms with Crippen molar-refractivity contribution in [3.63, 3.8) is 0 Å². The Kier molecular flexibility index (Phi) is 11.0. The number of nitrogens with one attached hydrogen (secondary N) is 1. The molecule has 0 atom stereocenters. The minimum Gasteiger partial charge on any atom is -0.497 e. The lowest BCUT2D eigenvalue weighted by molar-refractivity contribution is 0.415. The van der Waals surface area contributed by atoms with E-state index in [9.17, 15) is 0 Å². The molecule has 5 heteroatoms. The van der Waals surface area contributed by atoms with Gasteiger partial charge in [-0.25, -0.2) is 0 Å². The first kappa shape index (κ1) is 21.5. The topological polar surface area (TPSA) is 60.2 Å². The average molecular weight is 366 g/mol. The number of halogens is 1. The quantitative estimate of drug-likeness (QED) is 0.510. The maximum Gasteiger partial charge on any atom is 0.121 e. The van der Waals surface area contributed by atoms with Crippen LogP contribution in [0.1, 0.15) is 51.4 Å². The van der Waals surface area contributed by atoms with Crippen molar-refractivity contribution in [2.75, 3.05) is 25.5 Å². The summed E-state index contributed by atoms with van der Waals surface area (Å²) in [4.78, 5) is 4.49. The lowest BCUT2D eigenvalue weighted by Crippen LogP contribution is -2.03. The summed E-state index contributed by atoms with van der Waals surface area (Å²) in [7, 11) is 1.70. The molecular formula is C20H32ClN3O. The molecule has 1 heterocycles. The summed E-state index contributed by atoms with van der Waals surface area (Å²) in [6, 6.07) is 8.09. The second-order valence-electron chi connectivity index (χ2n) is 6.29. The summed E-state index contributed by atoms with van der Waals surface area (Å²) in [5.74, 6) is 0.871. The summed E-state index contributed by atoms with van der Waals surface area (Å²) >= 11 is 0. The van der Waals surface area contributed by atoms with Gasteiger partial charge < -0.3 is 15.8 Å². The molecule has 0 aliphatic rings. The van der Waals surface area contributed by atoms with Gasteiger partial charge in [0.25, 0.3) is 0 Å². The van der Waals surface area contributed by atoms with Crippen molar-refractivity contribution in [3.8, 4) is 5.75 Å². The first-order valence-corrected chi connectivity index (χ1v) is 9.22. The molecule has 0 bridgehead atoms. The molecule has 0 fully saturated rings. The van der Waals surface area contributed by atoms with Gasteiger partial charge in [-0.2, -0.15) is 0 Å². The van der Waals surface area contributed by atoms with Crippen LogP contribution in [0.5, 0.6) is 5.75 Å². The molecule has 0 radical (unpaired) electrons. The third-order valence-electron chi connectivity index (χ3n) is 4.36. The van der Waals surface area contributed by atoms with E-state index in [-0.39, 0.29) is 12.4 Å². The predicted molar refractivity (Wildman–Crippen MR) is 110 cm³/mol. The number of unbranched alkanes of at least 4 members (excludes halogenated alkanes) is 7. The van der Waals surface area contributed by atoms with Gasteiger partial charge in [0.05, 0.1) is 18.3 Å². The van der Waals surface area contributed by atoms with Gasteiger partial charge in [0.1, 0.15) is 5.75 Å². The van der Waals surface area contributed by atoms with Gasteiger partial charge in [-0.1, -0.05) is 44.6 Å². The van der Waals surface area contributed by atoms with Crippen LogP contribution in [0.15, 0.2) is 30.5 Å². The van der Waals surface area contributed by atoms with E-state index in [1.165, 1.54) is 51.4 Å². The molecular weight excluding hydrogens is 334 g/mol. The molecule has 3 N–H and O–H groups in total. The van der Waals surface area contributed by atoms with E-state index >= 15 is 0 Å². The second kappa shape index (κ2) is 12.8. The zero-order valence-corrected chi connectivity index (χ0v) is 16.1.